The molecular formula is C17H29ClN2O. The summed E-state index contributed by atoms with van der Waals surface area (Å²) in [6.07, 6.45) is 0.497. The maximum atomic E-state index is 10.7. The molecule has 4 heteroatoms. The normalized spacial score (nSPS) is 15.3. The smallest absolute Gasteiger partial charge is 0.134 e. The molecule has 120 valence electrons. The highest BCUT2D eigenvalue weighted by Crippen LogP contribution is 2.09. The number of carbonyl (C=O) groups excluding carboxylic acids is 1. The average Bonchev–Trinajstić information content (AvgIpc) is 2.47. The first kappa shape index (κ1) is 20.1. The zero-order chi connectivity index (χ0) is 16.3. The third-order valence-corrected chi connectivity index (χ3v) is 3.35. The summed E-state index contributed by atoms with van der Waals surface area (Å²) >= 11 is 5.66. The van der Waals surface area contributed by atoms with Gasteiger partial charge in [0.2, 0.25) is 0 Å². The highest BCUT2D eigenvalue weighted by Gasteiger charge is 2.07. The number of benzene rings is 1. The first-order valence-corrected chi connectivity index (χ1v) is 7.96. The van der Waals surface area contributed by atoms with Crippen LogP contribution in [0.4, 0.5) is 0 Å². The average molecular weight is 313 g/mol. The molecule has 0 atom stereocenters. The van der Waals surface area contributed by atoms with Gasteiger partial charge in [0.05, 0.1) is 0 Å². The van der Waals surface area contributed by atoms with Gasteiger partial charge in [-0.2, -0.15) is 0 Å². The summed E-state index contributed by atoms with van der Waals surface area (Å²) in [6.45, 7) is 10.5. The van der Waals surface area contributed by atoms with Gasteiger partial charge in [-0.25, -0.2) is 0 Å². The molecule has 1 aromatic rings. The van der Waals surface area contributed by atoms with Crippen LogP contribution < -0.4 is 0 Å². The predicted octanol–water partition coefficient (Wildman–Crippen LogP) is 3.36. The van der Waals surface area contributed by atoms with Gasteiger partial charge in [-0.1, -0.05) is 37.6 Å². The molecule has 0 unspecified atom stereocenters. The highest BCUT2D eigenvalue weighted by molar-refractivity contribution is 6.30. The van der Waals surface area contributed by atoms with Crippen molar-refractivity contribution in [1.29, 1.82) is 0 Å². The molecule has 0 radical (unpaired) electrons. The van der Waals surface area contributed by atoms with Gasteiger partial charge in [0.1, 0.15) is 5.78 Å². The Morgan fingerprint density at radius 2 is 1.38 bits per heavy atom. The molecule has 3 nitrogen and oxygen atoms in total. The Balaban J connectivity index is 0.000000354. The number of Topliss-reactive ketones (excluding diaryl/α,β-unsaturated/α-hetero) is 1. The lowest BCUT2D eigenvalue weighted by molar-refractivity contribution is -0.116. The molecule has 2 rings (SSSR count). The summed E-state index contributed by atoms with van der Waals surface area (Å²) in [4.78, 5) is 15.4. The Morgan fingerprint density at radius 3 is 1.71 bits per heavy atom. The molecule has 1 aromatic carbocycles. The van der Waals surface area contributed by atoms with Gasteiger partial charge in [-0.3, -0.25) is 4.79 Å². The second-order valence-corrected chi connectivity index (χ2v) is 5.55. The van der Waals surface area contributed by atoms with Crippen LogP contribution in [0.15, 0.2) is 24.3 Å². The fourth-order valence-electron chi connectivity index (χ4n) is 1.80. The molecule has 0 bridgehead atoms. The van der Waals surface area contributed by atoms with E-state index in [1.165, 1.54) is 26.2 Å². The Kier molecular flexibility index (Phi) is 11.2. The van der Waals surface area contributed by atoms with E-state index in [-0.39, 0.29) is 5.78 Å². The lowest BCUT2D eigenvalue weighted by Crippen LogP contribution is -2.42. The maximum absolute atomic E-state index is 10.7. The second-order valence-electron chi connectivity index (χ2n) is 5.11. The van der Waals surface area contributed by atoms with Gasteiger partial charge < -0.3 is 9.80 Å². The van der Waals surface area contributed by atoms with E-state index >= 15 is 0 Å². The lowest BCUT2D eigenvalue weighted by Gasteiger charge is -2.28. The van der Waals surface area contributed by atoms with Crippen molar-refractivity contribution < 1.29 is 4.79 Å². The zero-order valence-electron chi connectivity index (χ0n) is 14.0. The molecule has 0 aromatic heterocycles. The Labute approximate surface area is 134 Å². The van der Waals surface area contributed by atoms with E-state index in [0.717, 1.165) is 5.56 Å². The topological polar surface area (TPSA) is 23.6 Å². The Morgan fingerprint density at radius 1 is 1.00 bits per heavy atom. The van der Waals surface area contributed by atoms with Crippen LogP contribution in [0.1, 0.15) is 26.3 Å². The van der Waals surface area contributed by atoms with E-state index in [4.69, 9.17) is 11.6 Å². The van der Waals surface area contributed by atoms with E-state index in [2.05, 4.69) is 23.9 Å². The van der Waals surface area contributed by atoms with Crippen LogP contribution in [-0.4, -0.2) is 55.9 Å². The summed E-state index contributed by atoms with van der Waals surface area (Å²) in [6, 6.07) is 7.31. The molecular weight excluding hydrogens is 284 g/mol. The van der Waals surface area contributed by atoms with Crippen molar-refractivity contribution in [1.82, 2.24) is 9.80 Å². The van der Waals surface area contributed by atoms with Crippen molar-refractivity contribution in [3.8, 4) is 0 Å². The maximum Gasteiger partial charge on any atom is 0.134 e. The van der Waals surface area contributed by atoms with Crippen molar-refractivity contribution in [2.24, 2.45) is 0 Å². The van der Waals surface area contributed by atoms with Crippen molar-refractivity contribution in [3.05, 3.63) is 34.9 Å². The molecule has 1 aliphatic rings. The van der Waals surface area contributed by atoms with Crippen LogP contribution in [-0.2, 0) is 11.2 Å². The number of nitrogens with zero attached hydrogens (tertiary/aromatic N) is 2. The quantitative estimate of drug-likeness (QED) is 0.836. The fourth-order valence-corrected chi connectivity index (χ4v) is 1.92. The highest BCUT2D eigenvalue weighted by atomic mass is 35.5. The van der Waals surface area contributed by atoms with Crippen LogP contribution in [0.2, 0.25) is 5.02 Å². The third-order valence-electron chi connectivity index (χ3n) is 3.09. The summed E-state index contributed by atoms with van der Waals surface area (Å²) in [5.41, 5.74) is 1.02. The van der Waals surface area contributed by atoms with Gasteiger partial charge in [-0.05, 0) is 38.7 Å². The summed E-state index contributed by atoms with van der Waals surface area (Å²) < 4.78 is 0. The van der Waals surface area contributed by atoms with Crippen LogP contribution in [0.25, 0.3) is 0 Å². The number of carbonyl (C=O) groups is 1. The molecule has 0 amide bonds. The van der Waals surface area contributed by atoms with Crippen LogP contribution in [0.5, 0.6) is 0 Å². The molecule has 21 heavy (non-hydrogen) atoms. The minimum atomic E-state index is 0.173. The predicted molar refractivity (Wildman–Crippen MR) is 92.2 cm³/mol. The van der Waals surface area contributed by atoms with Crippen molar-refractivity contribution in [2.75, 3.05) is 40.3 Å². The van der Waals surface area contributed by atoms with Crippen molar-refractivity contribution in [2.45, 2.75) is 27.2 Å². The number of hydrogen-bond donors (Lipinski definition) is 0. The van der Waals surface area contributed by atoms with Gasteiger partial charge in [0, 0.05) is 37.6 Å². The molecule has 1 saturated heterocycles. The molecule has 1 aliphatic heterocycles. The first-order chi connectivity index (χ1) is 9.97. The van der Waals surface area contributed by atoms with Gasteiger partial charge >= 0.3 is 0 Å². The number of likely N-dealkylation sites (N-methyl/N-ethyl adjacent to an activating group) is 2. The molecule has 1 heterocycles. The molecule has 0 N–H and O–H groups in total. The molecule has 1 fully saturated rings. The van der Waals surface area contributed by atoms with Gasteiger partial charge in [-0.15, -0.1) is 0 Å². The van der Waals surface area contributed by atoms with Crippen LogP contribution >= 0.6 is 11.6 Å². The van der Waals surface area contributed by atoms with Gasteiger partial charge in [0.15, 0.2) is 0 Å². The van der Waals surface area contributed by atoms with Crippen LogP contribution in [0.3, 0.4) is 0 Å². The summed E-state index contributed by atoms with van der Waals surface area (Å²) in [5.74, 6) is 0.173. The minimum Gasteiger partial charge on any atom is -0.304 e. The second kappa shape index (κ2) is 11.7. The molecule has 0 spiro atoms. The van der Waals surface area contributed by atoms with E-state index < -0.39 is 0 Å². The van der Waals surface area contributed by atoms with E-state index in [1.807, 2.05) is 26.0 Å². The first-order valence-electron chi connectivity index (χ1n) is 7.58. The molecule has 0 aliphatic carbocycles. The third kappa shape index (κ3) is 10.5. The van der Waals surface area contributed by atoms with E-state index in [1.54, 1.807) is 19.1 Å². The van der Waals surface area contributed by atoms with Crippen molar-refractivity contribution >= 4 is 17.4 Å². The summed E-state index contributed by atoms with van der Waals surface area (Å²) in [5, 5.41) is 0.706. The standard InChI is InChI=1S/C9H9ClO.C6H14N2.C2H6/c1-7(11)6-8-2-4-9(10)5-3-8;1-7-3-5-8(2)6-4-7;1-2/h2-5H,6H2,1H3;3-6H2,1-2H3;1-2H3. The monoisotopic (exact) mass is 312 g/mol. The number of hydrogen-bond acceptors (Lipinski definition) is 3. The van der Waals surface area contributed by atoms with Crippen LogP contribution in [0, 0.1) is 0 Å². The Hall–Kier alpha value is -0.900. The van der Waals surface area contributed by atoms with E-state index in [0.29, 0.717) is 11.4 Å². The Bertz CT molecular complexity index is 374. The number of rotatable bonds is 2. The largest absolute Gasteiger partial charge is 0.304 e. The summed E-state index contributed by atoms with van der Waals surface area (Å²) in [7, 11) is 4.35. The number of piperazine rings is 1. The van der Waals surface area contributed by atoms with Crippen molar-refractivity contribution in [3.63, 3.8) is 0 Å². The lowest BCUT2D eigenvalue weighted by atomic mass is 10.1. The van der Waals surface area contributed by atoms with E-state index in [9.17, 15) is 4.79 Å². The SMILES string of the molecule is CC.CC(=O)Cc1ccc(Cl)cc1.CN1CCN(C)CC1. The fraction of sp³-hybridized carbons (Fsp3) is 0.588. The zero-order valence-corrected chi connectivity index (χ0v) is 14.8. The molecule has 0 saturated carbocycles. The minimum absolute atomic E-state index is 0.173. The number of ketones is 1. The number of halogens is 1. The van der Waals surface area contributed by atoms with Gasteiger partial charge in [0.25, 0.3) is 0 Å².